The highest BCUT2D eigenvalue weighted by Crippen LogP contribution is 2.34. The smallest absolute Gasteiger partial charge is 0.231 e. The molecule has 5 heteroatoms. The van der Waals surface area contributed by atoms with E-state index < -0.39 is 0 Å². The number of piperidine rings is 1. The standard InChI is InChI=1S/C14H18FNO3/c15-12-8-14-13(18-9-19-14)7-10(12)1-4-16-5-2-11(17)3-6-16/h7-8,11,17H,1-6,9H2. The van der Waals surface area contributed by atoms with E-state index in [2.05, 4.69) is 4.90 Å². The number of aliphatic hydroxyl groups excluding tert-OH is 1. The maximum atomic E-state index is 13.9. The predicted molar refractivity (Wildman–Crippen MR) is 67.9 cm³/mol. The van der Waals surface area contributed by atoms with Crippen LogP contribution in [0.3, 0.4) is 0 Å². The van der Waals surface area contributed by atoms with Crippen molar-refractivity contribution in [3.63, 3.8) is 0 Å². The van der Waals surface area contributed by atoms with Gasteiger partial charge in [0.05, 0.1) is 6.10 Å². The summed E-state index contributed by atoms with van der Waals surface area (Å²) >= 11 is 0. The van der Waals surface area contributed by atoms with Gasteiger partial charge in [0.15, 0.2) is 11.5 Å². The van der Waals surface area contributed by atoms with Crippen molar-refractivity contribution in [2.45, 2.75) is 25.4 Å². The fourth-order valence-corrected chi connectivity index (χ4v) is 2.57. The Labute approximate surface area is 111 Å². The van der Waals surface area contributed by atoms with Crippen molar-refractivity contribution in [2.75, 3.05) is 26.4 Å². The van der Waals surface area contributed by atoms with E-state index in [1.807, 2.05) is 0 Å². The normalized spacial score (nSPS) is 19.9. The molecule has 0 bridgehead atoms. The summed E-state index contributed by atoms with van der Waals surface area (Å²) in [5, 5.41) is 9.45. The molecule has 0 radical (unpaired) electrons. The topological polar surface area (TPSA) is 41.9 Å². The number of likely N-dealkylation sites (tertiary alicyclic amines) is 1. The van der Waals surface area contributed by atoms with E-state index in [0.717, 1.165) is 32.5 Å². The molecule has 0 atom stereocenters. The Bertz CT molecular complexity index is 458. The lowest BCUT2D eigenvalue weighted by Gasteiger charge is -2.29. The van der Waals surface area contributed by atoms with Gasteiger partial charge in [-0.1, -0.05) is 0 Å². The number of hydrogen-bond donors (Lipinski definition) is 1. The quantitative estimate of drug-likeness (QED) is 0.902. The molecule has 1 N–H and O–H groups in total. The van der Waals surface area contributed by atoms with Gasteiger partial charge in [0.1, 0.15) is 5.82 Å². The highest BCUT2D eigenvalue weighted by Gasteiger charge is 2.19. The number of rotatable bonds is 3. The summed E-state index contributed by atoms with van der Waals surface area (Å²) in [5.41, 5.74) is 0.662. The molecule has 4 nitrogen and oxygen atoms in total. The zero-order valence-corrected chi connectivity index (χ0v) is 10.8. The van der Waals surface area contributed by atoms with Gasteiger partial charge in [0, 0.05) is 25.7 Å². The lowest BCUT2D eigenvalue weighted by molar-refractivity contribution is 0.0831. The molecule has 2 aliphatic heterocycles. The fourth-order valence-electron chi connectivity index (χ4n) is 2.57. The average molecular weight is 267 g/mol. The maximum absolute atomic E-state index is 13.9. The van der Waals surface area contributed by atoms with Crippen LogP contribution >= 0.6 is 0 Å². The summed E-state index contributed by atoms with van der Waals surface area (Å²) in [6, 6.07) is 3.13. The molecular weight excluding hydrogens is 249 g/mol. The second-order valence-electron chi connectivity index (χ2n) is 5.12. The van der Waals surface area contributed by atoms with Crippen molar-refractivity contribution in [3.05, 3.63) is 23.5 Å². The van der Waals surface area contributed by atoms with Gasteiger partial charge in [0.25, 0.3) is 0 Å². The van der Waals surface area contributed by atoms with Gasteiger partial charge < -0.3 is 19.5 Å². The molecule has 0 spiro atoms. The average Bonchev–Trinajstić information content (AvgIpc) is 2.85. The van der Waals surface area contributed by atoms with Crippen LogP contribution in [0.5, 0.6) is 11.5 Å². The van der Waals surface area contributed by atoms with Crippen molar-refractivity contribution < 1.29 is 19.0 Å². The third-order valence-electron chi connectivity index (χ3n) is 3.80. The first kappa shape index (κ1) is 12.7. The van der Waals surface area contributed by atoms with E-state index in [9.17, 15) is 9.50 Å². The highest BCUT2D eigenvalue weighted by molar-refractivity contribution is 5.45. The summed E-state index contributed by atoms with van der Waals surface area (Å²) in [6.07, 6.45) is 2.10. The number of ether oxygens (including phenoxy) is 2. The summed E-state index contributed by atoms with van der Waals surface area (Å²) < 4.78 is 24.3. The highest BCUT2D eigenvalue weighted by atomic mass is 19.1. The fraction of sp³-hybridized carbons (Fsp3) is 0.571. The van der Waals surface area contributed by atoms with E-state index in [0.29, 0.717) is 23.5 Å². The van der Waals surface area contributed by atoms with Crippen LogP contribution in [0.1, 0.15) is 18.4 Å². The van der Waals surface area contributed by atoms with Gasteiger partial charge in [-0.15, -0.1) is 0 Å². The van der Waals surface area contributed by atoms with Crippen LogP contribution < -0.4 is 9.47 Å². The van der Waals surface area contributed by atoms with Gasteiger partial charge >= 0.3 is 0 Å². The maximum Gasteiger partial charge on any atom is 0.231 e. The van der Waals surface area contributed by atoms with Gasteiger partial charge in [-0.25, -0.2) is 4.39 Å². The third-order valence-corrected chi connectivity index (χ3v) is 3.80. The summed E-state index contributed by atoms with van der Waals surface area (Å²) in [4.78, 5) is 2.26. The number of hydrogen-bond acceptors (Lipinski definition) is 4. The summed E-state index contributed by atoms with van der Waals surface area (Å²) in [5.74, 6) is 0.883. The first-order chi connectivity index (χ1) is 9.22. The van der Waals surface area contributed by atoms with Crippen molar-refractivity contribution in [3.8, 4) is 11.5 Å². The Morgan fingerprint density at radius 1 is 1.21 bits per heavy atom. The van der Waals surface area contributed by atoms with Crippen LogP contribution in [-0.2, 0) is 6.42 Å². The SMILES string of the molecule is OC1CCN(CCc2cc3c(cc2F)OCO3)CC1. The Balaban J connectivity index is 1.61. The lowest BCUT2D eigenvalue weighted by atomic mass is 10.1. The molecular formula is C14H18FNO3. The molecule has 1 fully saturated rings. The zero-order chi connectivity index (χ0) is 13.2. The Hall–Kier alpha value is -1.33. The van der Waals surface area contributed by atoms with E-state index in [-0.39, 0.29) is 18.7 Å². The summed E-state index contributed by atoms with van der Waals surface area (Å²) in [6.45, 7) is 2.74. The van der Waals surface area contributed by atoms with Crippen molar-refractivity contribution in [1.29, 1.82) is 0 Å². The number of nitrogens with zero attached hydrogens (tertiary/aromatic N) is 1. The lowest BCUT2D eigenvalue weighted by Crippen LogP contribution is -2.37. The van der Waals surface area contributed by atoms with Crippen LogP contribution in [0.2, 0.25) is 0 Å². The third kappa shape index (κ3) is 2.82. The van der Waals surface area contributed by atoms with Crippen LogP contribution in [0.25, 0.3) is 0 Å². The van der Waals surface area contributed by atoms with Crippen LogP contribution in [0, 0.1) is 5.82 Å². The first-order valence-corrected chi connectivity index (χ1v) is 6.71. The van der Waals surface area contributed by atoms with Gasteiger partial charge in [-0.2, -0.15) is 0 Å². The number of aliphatic hydroxyl groups is 1. The molecule has 1 saturated heterocycles. The minimum atomic E-state index is -0.235. The Morgan fingerprint density at radius 3 is 2.63 bits per heavy atom. The van der Waals surface area contributed by atoms with Gasteiger partial charge in [0.2, 0.25) is 6.79 Å². The van der Waals surface area contributed by atoms with E-state index in [1.54, 1.807) is 6.07 Å². The van der Waals surface area contributed by atoms with E-state index in [4.69, 9.17) is 9.47 Å². The summed E-state index contributed by atoms with van der Waals surface area (Å²) in [7, 11) is 0. The minimum Gasteiger partial charge on any atom is -0.454 e. The van der Waals surface area contributed by atoms with E-state index in [1.165, 1.54) is 6.07 Å². The molecule has 1 aromatic carbocycles. The molecule has 3 rings (SSSR count). The molecule has 104 valence electrons. The molecule has 1 aromatic rings. The van der Waals surface area contributed by atoms with Crippen LogP contribution in [-0.4, -0.2) is 42.5 Å². The number of benzene rings is 1. The molecule has 19 heavy (non-hydrogen) atoms. The van der Waals surface area contributed by atoms with Crippen molar-refractivity contribution >= 4 is 0 Å². The van der Waals surface area contributed by atoms with E-state index >= 15 is 0 Å². The molecule has 0 saturated carbocycles. The van der Waals surface area contributed by atoms with Crippen LogP contribution in [0.15, 0.2) is 12.1 Å². The largest absolute Gasteiger partial charge is 0.454 e. The van der Waals surface area contributed by atoms with Crippen molar-refractivity contribution in [2.24, 2.45) is 0 Å². The van der Waals surface area contributed by atoms with Crippen molar-refractivity contribution in [1.82, 2.24) is 4.90 Å². The minimum absolute atomic E-state index is 0.168. The van der Waals surface area contributed by atoms with Gasteiger partial charge in [-0.05, 0) is 30.9 Å². The molecule has 0 aliphatic carbocycles. The molecule has 0 amide bonds. The number of fused-ring (bicyclic) bond motifs is 1. The Morgan fingerprint density at radius 2 is 1.89 bits per heavy atom. The second-order valence-corrected chi connectivity index (χ2v) is 5.12. The molecule has 0 aromatic heterocycles. The monoisotopic (exact) mass is 267 g/mol. The van der Waals surface area contributed by atoms with Crippen LogP contribution in [0.4, 0.5) is 4.39 Å². The second kappa shape index (κ2) is 5.35. The Kier molecular flexibility index (Phi) is 3.57. The predicted octanol–water partition coefficient (Wildman–Crippen LogP) is 1.55. The molecule has 0 unspecified atom stereocenters. The number of halogens is 1. The van der Waals surface area contributed by atoms with Gasteiger partial charge in [-0.3, -0.25) is 0 Å². The zero-order valence-electron chi connectivity index (χ0n) is 10.8. The first-order valence-electron chi connectivity index (χ1n) is 6.71. The molecule has 2 aliphatic rings. The molecule has 2 heterocycles.